The number of methoxy groups -OCH3 is 1. The molecule has 0 aliphatic heterocycles. The van der Waals surface area contributed by atoms with Crippen molar-refractivity contribution in [3.05, 3.63) is 16.1 Å². The van der Waals surface area contributed by atoms with Gasteiger partial charge in [0.05, 0.1) is 12.1 Å². The first-order chi connectivity index (χ1) is 8.62. The SMILES string of the molecule is CCCCCC(C)(NCCOC)c1nc(C)cs1. The number of ether oxygens (including phenoxy) is 1. The third-order valence-corrected chi connectivity index (χ3v) is 4.42. The molecular weight excluding hydrogens is 244 g/mol. The van der Waals surface area contributed by atoms with Gasteiger partial charge in [-0.3, -0.25) is 0 Å². The van der Waals surface area contributed by atoms with Crippen LogP contribution in [0.4, 0.5) is 0 Å². The fourth-order valence-electron chi connectivity index (χ4n) is 2.04. The Labute approximate surface area is 115 Å². The summed E-state index contributed by atoms with van der Waals surface area (Å²) >= 11 is 1.76. The average Bonchev–Trinajstić information content (AvgIpc) is 2.77. The second kappa shape index (κ2) is 7.87. The first-order valence-electron chi connectivity index (χ1n) is 6.79. The Morgan fingerprint density at radius 3 is 2.78 bits per heavy atom. The predicted octanol–water partition coefficient (Wildman–Crippen LogP) is 3.48. The maximum atomic E-state index is 5.12. The Hall–Kier alpha value is -0.450. The summed E-state index contributed by atoms with van der Waals surface area (Å²) in [5.41, 5.74) is 1.11. The van der Waals surface area contributed by atoms with Crippen molar-refractivity contribution in [2.45, 2.75) is 52.0 Å². The molecule has 0 fully saturated rings. The monoisotopic (exact) mass is 270 g/mol. The van der Waals surface area contributed by atoms with E-state index in [9.17, 15) is 0 Å². The second-order valence-electron chi connectivity index (χ2n) is 5.00. The van der Waals surface area contributed by atoms with Gasteiger partial charge in [0.15, 0.2) is 0 Å². The highest BCUT2D eigenvalue weighted by molar-refractivity contribution is 7.09. The van der Waals surface area contributed by atoms with E-state index in [1.54, 1.807) is 18.4 Å². The summed E-state index contributed by atoms with van der Waals surface area (Å²) in [7, 11) is 1.74. The van der Waals surface area contributed by atoms with Gasteiger partial charge in [0, 0.05) is 24.7 Å². The molecule has 18 heavy (non-hydrogen) atoms. The number of hydrogen-bond acceptors (Lipinski definition) is 4. The third kappa shape index (κ3) is 4.67. The van der Waals surface area contributed by atoms with Crippen molar-refractivity contribution in [1.82, 2.24) is 10.3 Å². The van der Waals surface area contributed by atoms with Crippen molar-refractivity contribution in [1.29, 1.82) is 0 Å². The summed E-state index contributed by atoms with van der Waals surface area (Å²) in [4.78, 5) is 4.66. The van der Waals surface area contributed by atoms with Crippen molar-refractivity contribution in [3.63, 3.8) is 0 Å². The molecule has 0 saturated carbocycles. The Morgan fingerprint density at radius 1 is 1.44 bits per heavy atom. The van der Waals surface area contributed by atoms with E-state index in [2.05, 4.69) is 36.5 Å². The number of unbranched alkanes of at least 4 members (excludes halogenated alkanes) is 2. The Balaban J connectivity index is 2.66. The minimum atomic E-state index is -0.00731. The van der Waals surface area contributed by atoms with Crippen molar-refractivity contribution in [2.24, 2.45) is 0 Å². The van der Waals surface area contributed by atoms with Gasteiger partial charge in [-0.05, 0) is 20.3 Å². The molecular formula is C14H26N2OS. The van der Waals surface area contributed by atoms with Crippen LogP contribution in [0.25, 0.3) is 0 Å². The summed E-state index contributed by atoms with van der Waals surface area (Å²) in [5.74, 6) is 0. The quantitative estimate of drug-likeness (QED) is 0.698. The number of nitrogens with zero attached hydrogens (tertiary/aromatic N) is 1. The molecule has 1 atom stereocenters. The smallest absolute Gasteiger partial charge is 0.113 e. The molecule has 0 spiro atoms. The van der Waals surface area contributed by atoms with Crippen molar-refractivity contribution in [2.75, 3.05) is 20.3 Å². The molecule has 1 rings (SSSR count). The molecule has 1 unspecified atom stereocenters. The van der Waals surface area contributed by atoms with Gasteiger partial charge >= 0.3 is 0 Å². The second-order valence-corrected chi connectivity index (χ2v) is 5.86. The molecule has 0 bridgehead atoms. The lowest BCUT2D eigenvalue weighted by Crippen LogP contribution is -2.41. The maximum absolute atomic E-state index is 5.12. The molecule has 0 saturated heterocycles. The van der Waals surface area contributed by atoms with Crippen molar-refractivity contribution < 1.29 is 4.74 Å². The van der Waals surface area contributed by atoms with Gasteiger partial charge in [0.25, 0.3) is 0 Å². The summed E-state index contributed by atoms with van der Waals surface area (Å²) in [6.45, 7) is 8.17. The largest absolute Gasteiger partial charge is 0.383 e. The van der Waals surface area contributed by atoms with E-state index in [4.69, 9.17) is 4.74 Å². The van der Waals surface area contributed by atoms with E-state index in [1.807, 2.05) is 0 Å². The van der Waals surface area contributed by atoms with E-state index in [-0.39, 0.29) is 5.54 Å². The molecule has 0 amide bonds. The van der Waals surface area contributed by atoms with Gasteiger partial charge in [-0.1, -0.05) is 26.2 Å². The van der Waals surface area contributed by atoms with E-state index < -0.39 is 0 Å². The Morgan fingerprint density at radius 2 is 2.22 bits per heavy atom. The van der Waals surface area contributed by atoms with Crippen molar-refractivity contribution in [3.8, 4) is 0 Å². The number of hydrogen-bond donors (Lipinski definition) is 1. The van der Waals surface area contributed by atoms with Gasteiger partial charge in [0.2, 0.25) is 0 Å². The summed E-state index contributed by atoms with van der Waals surface area (Å²) < 4.78 is 5.12. The van der Waals surface area contributed by atoms with Crippen LogP contribution in [0.5, 0.6) is 0 Å². The van der Waals surface area contributed by atoms with Crippen LogP contribution in [-0.4, -0.2) is 25.2 Å². The maximum Gasteiger partial charge on any atom is 0.113 e. The number of nitrogens with one attached hydrogen (secondary N) is 1. The molecule has 1 aromatic rings. The lowest BCUT2D eigenvalue weighted by Gasteiger charge is -2.29. The lowest BCUT2D eigenvalue weighted by atomic mass is 9.95. The molecule has 1 heterocycles. The predicted molar refractivity (Wildman–Crippen MR) is 78.2 cm³/mol. The molecule has 1 N–H and O–H groups in total. The highest BCUT2D eigenvalue weighted by atomic mass is 32.1. The van der Waals surface area contributed by atoms with Crippen LogP contribution in [0.2, 0.25) is 0 Å². The van der Waals surface area contributed by atoms with Crippen LogP contribution in [0.3, 0.4) is 0 Å². The molecule has 0 aliphatic rings. The summed E-state index contributed by atoms with van der Waals surface area (Å²) in [6, 6.07) is 0. The van der Waals surface area contributed by atoms with Crippen LogP contribution in [0, 0.1) is 6.92 Å². The number of aryl methyl sites for hydroxylation is 1. The minimum Gasteiger partial charge on any atom is -0.383 e. The zero-order chi connectivity index (χ0) is 13.4. The summed E-state index contributed by atoms with van der Waals surface area (Å²) in [5, 5.41) is 6.94. The number of thiazole rings is 1. The Bertz CT molecular complexity index is 328. The van der Waals surface area contributed by atoms with Crippen molar-refractivity contribution >= 4 is 11.3 Å². The zero-order valence-electron chi connectivity index (χ0n) is 12.1. The van der Waals surface area contributed by atoms with E-state index >= 15 is 0 Å². The van der Waals surface area contributed by atoms with Crippen LogP contribution >= 0.6 is 11.3 Å². The standard InChI is InChI=1S/C14H26N2OS/c1-5-6-7-8-14(3,15-9-10-17-4)13-16-12(2)11-18-13/h11,15H,5-10H2,1-4H3. The number of aromatic nitrogens is 1. The molecule has 4 heteroatoms. The molecule has 0 radical (unpaired) electrons. The highest BCUT2D eigenvalue weighted by Gasteiger charge is 2.28. The van der Waals surface area contributed by atoms with Crippen LogP contribution in [-0.2, 0) is 10.3 Å². The topological polar surface area (TPSA) is 34.1 Å². The fourth-order valence-corrected chi connectivity index (χ4v) is 3.00. The van der Waals surface area contributed by atoms with Crippen LogP contribution < -0.4 is 5.32 Å². The van der Waals surface area contributed by atoms with E-state index in [1.165, 1.54) is 24.3 Å². The number of rotatable bonds is 9. The zero-order valence-corrected chi connectivity index (χ0v) is 12.9. The Kier molecular flexibility index (Phi) is 6.82. The van der Waals surface area contributed by atoms with E-state index in [0.717, 1.165) is 25.3 Å². The lowest BCUT2D eigenvalue weighted by molar-refractivity contribution is 0.183. The average molecular weight is 270 g/mol. The minimum absolute atomic E-state index is 0.00731. The molecule has 104 valence electrons. The van der Waals surface area contributed by atoms with Gasteiger partial charge in [0.1, 0.15) is 5.01 Å². The molecule has 0 aromatic carbocycles. The first kappa shape index (κ1) is 15.6. The van der Waals surface area contributed by atoms with E-state index in [0.29, 0.717) is 0 Å². The molecule has 3 nitrogen and oxygen atoms in total. The van der Waals surface area contributed by atoms with Crippen LogP contribution in [0.1, 0.15) is 50.2 Å². The molecule has 0 aliphatic carbocycles. The molecule has 1 aromatic heterocycles. The first-order valence-corrected chi connectivity index (χ1v) is 7.67. The van der Waals surface area contributed by atoms with Gasteiger partial charge in [-0.2, -0.15) is 0 Å². The third-order valence-electron chi connectivity index (χ3n) is 3.19. The summed E-state index contributed by atoms with van der Waals surface area (Å²) in [6.07, 6.45) is 4.92. The van der Waals surface area contributed by atoms with Crippen LogP contribution in [0.15, 0.2) is 5.38 Å². The van der Waals surface area contributed by atoms with Gasteiger partial charge in [-0.25, -0.2) is 4.98 Å². The van der Waals surface area contributed by atoms with Gasteiger partial charge in [-0.15, -0.1) is 11.3 Å². The van der Waals surface area contributed by atoms with Gasteiger partial charge < -0.3 is 10.1 Å². The fraction of sp³-hybridized carbons (Fsp3) is 0.786. The highest BCUT2D eigenvalue weighted by Crippen LogP contribution is 2.29. The normalized spacial score (nSPS) is 14.7.